The Morgan fingerprint density at radius 3 is 2.52 bits per heavy atom. The Kier molecular flexibility index (Phi) is 6.78. The quantitative estimate of drug-likeness (QED) is 0.670. The number of hydrogen-bond acceptors (Lipinski definition) is 4. The second-order valence-electron chi connectivity index (χ2n) is 6.56. The number of carbonyl (C=O) groups is 1. The number of anilines is 2. The Balaban J connectivity index is 1.56. The van der Waals surface area contributed by atoms with Gasteiger partial charge in [0.1, 0.15) is 5.75 Å². The molecule has 0 unspecified atom stereocenters. The molecule has 0 radical (unpaired) electrons. The molecular weight excluding hydrogens is 474 g/mol. The number of ether oxygens (including phenoxy) is 1. The number of hydrogen-bond donors (Lipinski definition) is 1. The number of nitrogens with one attached hydrogen (secondary N) is 1. The lowest BCUT2D eigenvalue weighted by atomic mass is 10.2. The molecule has 27 heavy (non-hydrogen) atoms. The molecular formula is C20H23Br2N3O2. The molecule has 2 aromatic rings. The average Bonchev–Trinajstić information content (AvgIpc) is 2.65. The zero-order chi connectivity index (χ0) is 19.4. The van der Waals surface area contributed by atoms with Gasteiger partial charge in [0, 0.05) is 35.1 Å². The van der Waals surface area contributed by atoms with Gasteiger partial charge in [-0.05, 0) is 52.7 Å². The molecule has 7 heteroatoms. The lowest BCUT2D eigenvalue weighted by molar-refractivity contribution is -0.117. The minimum absolute atomic E-state index is 0.00636. The molecule has 0 bridgehead atoms. The van der Waals surface area contributed by atoms with Crippen LogP contribution in [0.5, 0.6) is 5.75 Å². The molecule has 1 N–H and O–H groups in total. The van der Waals surface area contributed by atoms with Crippen LogP contribution in [0.1, 0.15) is 5.56 Å². The summed E-state index contributed by atoms with van der Waals surface area (Å²) in [5.74, 6) is 0.895. The van der Waals surface area contributed by atoms with Gasteiger partial charge >= 0.3 is 0 Å². The van der Waals surface area contributed by atoms with Crippen LogP contribution in [-0.4, -0.2) is 50.6 Å². The highest BCUT2D eigenvalue weighted by Crippen LogP contribution is 2.30. The van der Waals surface area contributed by atoms with Crippen LogP contribution >= 0.6 is 31.9 Å². The summed E-state index contributed by atoms with van der Waals surface area (Å²) in [4.78, 5) is 17.0. The largest absolute Gasteiger partial charge is 0.495 e. The topological polar surface area (TPSA) is 44.8 Å². The van der Waals surface area contributed by atoms with Crippen LogP contribution in [0.15, 0.2) is 45.3 Å². The van der Waals surface area contributed by atoms with Crippen LogP contribution < -0.4 is 15.0 Å². The smallest absolute Gasteiger partial charge is 0.238 e. The number of benzene rings is 2. The minimum Gasteiger partial charge on any atom is -0.495 e. The van der Waals surface area contributed by atoms with E-state index >= 15 is 0 Å². The van der Waals surface area contributed by atoms with E-state index in [2.05, 4.69) is 53.0 Å². The van der Waals surface area contributed by atoms with Crippen molar-refractivity contribution < 1.29 is 9.53 Å². The van der Waals surface area contributed by atoms with E-state index in [9.17, 15) is 4.79 Å². The Hall–Kier alpha value is -1.57. The van der Waals surface area contributed by atoms with Crippen LogP contribution in [0.25, 0.3) is 0 Å². The van der Waals surface area contributed by atoms with Gasteiger partial charge in [-0.3, -0.25) is 9.69 Å². The van der Waals surface area contributed by atoms with Crippen LogP contribution in [0.2, 0.25) is 0 Å². The second-order valence-corrected chi connectivity index (χ2v) is 8.33. The highest BCUT2D eigenvalue weighted by molar-refractivity contribution is 9.11. The molecule has 0 spiro atoms. The average molecular weight is 497 g/mol. The summed E-state index contributed by atoms with van der Waals surface area (Å²) in [6.45, 7) is 5.79. The lowest BCUT2D eigenvalue weighted by Gasteiger charge is -2.36. The molecule has 5 nitrogen and oxygen atoms in total. The summed E-state index contributed by atoms with van der Waals surface area (Å²) in [6.07, 6.45) is 0. The van der Waals surface area contributed by atoms with Gasteiger partial charge in [-0.25, -0.2) is 0 Å². The van der Waals surface area contributed by atoms with Gasteiger partial charge in [0.25, 0.3) is 0 Å². The molecule has 0 saturated carbocycles. The van der Waals surface area contributed by atoms with Crippen molar-refractivity contribution in [3.05, 3.63) is 50.9 Å². The summed E-state index contributed by atoms with van der Waals surface area (Å²) in [5, 5.41) is 3.03. The Labute approximate surface area is 176 Å². The maximum atomic E-state index is 12.5. The van der Waals surface area contributed by atoms with Crippen molar-refractivity contribution in [3.63, 3.8) is 0 Å². The molecule has 1 aliphatic heterocycles. The molecule has 1 heterocycles. The van der Waals surface area contributed by atoms with Crippen molar-refractivity contribution in [3.8, 4) is 5.75 Å². The minimum atomic E-state index is 0.00636. The maximum absolute atomic E-state index is 12.5. The van der Waals surface area contributed by atoms with Crippen LogP contribution in [-0.2, 0) is 4.79 Å². The van der Waals surface area contributed by atoms with Crippen molar-refractivity contribution >= 4 is 49.1 Å². The van der Waals surface area contributed by atoms with Crippen LogP contribution in [0, 0.1) is 6.92 Å². The lowest BCUT2D eigenvalue weighted by Crippen LogP contribution is -2.48. The van der Waals surface area contributed by atoms with E-state index in [1.165, 1.54) is 0 Å². The summed E-state index contributed by atoms with van der Waals surface area (Å²) in [5.41, 5.74) is 2.96. The Morgan fingerprint density at radius 1 is 1.15 bits per heavy atom. The molecule has 0 atom stereocenters. The number of nitrogens with zero attached hydrogens (tertiary/aromatic N) is 2. The van der Waals surface area contributed by atoms with Gasteiger partial charge < -0.3 is 15.0 Å². The first kappa shape index (κ1) is 20.2. The van der Waals surface area contributed by atoms with E-state index in [-0.39, 0.29) is 5.91 Å². The third-order valence-corrected chi connectivity index (χ3v) is 5.77. The number of amides is 1. The molecule has 1 aliphatic rings. The van der Waals surface area contributed by atoms with E-state index in [1.54, 1.807) is 7.11 Å². The molecule has 0 aromatic heterocycles. The van der Waals surface area contributed by atoms with E-state index < -0.39 is 0 Å². The highest BCUT2D eigenvalue weighted by Gasteiger charge is 2.21. The van der Waals surface area contributed by atoms with Crippen molar-refractivity contribution in [1.82, 2.24) is 4.90 Å². The fourth-order valence-corrected chi connectivity index (χ4v) is 4.82. The number of rotatable bonds is 5. The number of halogens is 2. The number of methoxy groups -OCH3 is 1. The molecule has 1 amide bonds. The molecule has 144 valence electrons. The van der Waals surface area contributed by atoms with E-state index in [0.29, 0.717) is 6.54 Å². The molecule has 1 fully saturated rings. The maximum Gasteiger partial charge on any atom is 0.238 e. The zero-order valence-corrected chi connectivity index (χ0v) is 18.6. The van der Waals surface area contributed by atoms with Gasteiger partial charge in [-0.15, -0.1) is 0 Å². The third-order valence-electron chi connectivity index (χ3n) is 4.68. The van der Waals surface area contributed by atoms with Gasteiger partial charge in [0.05, 0.1) is 25.0 Å². The standard InChI is InChI=1S/C20H23Br2N3O2/c1-14-11-15(21)12-16(22)20(14)23-19(26)13-24-7-9-25(10-8-24)17-5-3-4-6-18(17)27-2/h3-6,11-12H,7-10,13H2,1-2H3,(H,23,26). The first-order valence-corrected chi connectivity index (χ1v) is 10.4. The van der Waals surface area contributed by atoms with Gasteiger partial charge in [-0.2, -0.15) is 0 Å². The van der Waals surface area contributed by atoms with Gasteiger partial charge in [0.2, 0.25) is 5.91 Å². The first-order valence-electron chi connectivity index (χ1n) is 8.83. The predicted molar refractivity (Wildman–Crippen MR) is 117 cm³/mol. The number of para-hydroxylation sites is 2. The monoisotopic (exact) mass is 495 g/mol. The predicted octanol–water partition coefficient (Wildman–Crippen LogP) is 4.29. The SMILES string of the molecule is COc1ccccc1N1CCN(CC(=O)Nc2c(C)cc(Br)cc2Br)CC1. The third kappa shape index (κ3) is 5.03. The van der Waals surface area contributed by atoms with E-state index in [0.717, 1.165) is 57.8 Å². The van der Waals surface area contributed by atoms with Gasteiger partial charge in [-0.1, -0.05) is 28.1 Å². The van der Waals surface area contributed by atoms with Crippen molar-refractivity contribution in [1.29, 1.82) is 0 Å². The van der Waals surface area contributed by atoms with E-state index in [4.69, 9.17) is 4.74 Å². The van der Waals surface area contributed by atoms with Crippen molar-refractivity contribution in [2.45, 2.75) is 6.92 Å². The molecule has 1 saturated heterocycles. The fraction of sp³-hybridized carbons (Fsp3) is 0.350. The Morgan fingerprint density at radius 2 is 1.85 bits per heavy atom. The van der Waals surface area contributed by atoms with Crippen LogP contribution in [0.3, 0.4) is 0 Å². The van der Waals surface area contributed by atoms with Gasteiger partial charge in [0.15, 0.2) is 0 Å². The molecule has 0 aliphatic carbocycles. The summed E-state index contributed by atoms with van der Waals surface area (Å²) in [6, 6.07) is 12.0. The number of aryl methyl sites for hydroxylation is 1. The summed E-state index contributed by atoms with van der Waals surface area (Å²) >= 11 is 6.99. The Bertz CT molecular complexity index is 798. The highest BCUT2D eigenvalue weighted by atomic mass is 79.9. The van der Waals surface area contributed by atoms with Crippen LogP contribution in [0.4, 0.5) is 11.4 Å². The second kappa shape index (κ2) is 9.08. The summed E-state index contributed by atoms with van der Waals surface area (Å²) < 4.78 is 7.32. The number of carbonyl (C=O) groups excluding carboxylic acids is 1. The molecule has 3 rings (SSSR count). The zero-order valence-electron chi connectivity index (χ0n) is 15.5. The molecule has 2 aromatic carbocycles. The van der Waals surface area contributed by atoms with E-state index in [1.807, 2.05) is 37.3 Å². The number of piperazine rings is 1. The first-order chi connectivity index (χ1) is 13.0. The normalized spacial score (nSPS) is 14.9. The van der Waals surface area contributed by atoms with Crippen molar-refractivity contribution in [2.24, 2.45) is 0 Å². The van der Waals surface area contributed by atoms with Crippen molar-refractivity contribution in [2.75, 3.05) is 50.1 Å². The summed E-state index contributed by atoms with van der Waals surface area (Å²) in [7, 11) is 1.70. The fourth-order valence-electron chi connectivity index (χ4n) is 3.28.